The van der Waals surface area contributed by atoms with E-state index in [4.69, 9.17) is 9.84 Å². The number of carboxylic acids is 1. The number of hydrogen-bond acceptors (Lipinski definition) is 5. The maximum absolute atomic E-state index is 12.8. The summed E-state index contributed by atoms with van der Waals surface area (Å²) in [5, 5.41) is 14.6. The van der Waals surface area contributed by atoms with Crippen molar-refractivity contribution in [1.82, 2.24) is 0 Å². The van der Waals surface area contributed by atoms with Gasteiger partial charge in [-0.25, -0.2) is 4.79 Å². The molecule has 2 atom stereocenters. The first-order valence-corrected chi connectivity index (χ1v) is 9.29. The van der Waals surface area contributed by atoms with Gasteiger partial charge >= 0.3 is 18.2 Å². The summed E-state index contributed by atoms with van der Waals surface area (Å²) in [6, 6.07) is 4.58. The number of carbonyl (C=O) groups is 2. The number of nitrogens with one attached hydrogen (secondary N) is 2. The first-order chi connectivity index (χ1) is 13.5. The zero-order valence-electron chi connectivity index (χ0n) is 16.0. The van der Waals surface area contributed by atoms with Gasteiger partial charge in [0.05, 0.1) is 18.7 Å². The van der Waals surface area contributed by atoms with Crippen LogP contribution < -0.4 is 15.4 Å². The van der Waals surface area contributed by atoms with Crippen molar-refractivity contribution in [2.45, 2.75) is 51.0 Å². The Kier molecular flexibility index (Phi) is 5.55. The highest BCUT2D eigenvalue weighted by Gasteiger charge is 2.51. The monoisotopic (exact) mass is 416 g/mol. The van der Waals surface area contributed by atoms with E-state index in [1.54, 1.807) is 6.07 Å². The molecule has 0 unspecified atom stereocenters. The van der Waals surface area contributed by atoms with E-state index in [0.717, 1.165) is 26.7 Å². The molecule has 1 aromatic carbocycles. The average molecular weight is 416 g/mol. The molecule has 0 aromatic heterocycles. The number of anilines is 2. The predicted molar refractivity (Wildman–Crippen MR) is 98.1 cm³/mol. The van der Waals surface area contributed by atoms with Gasteiger partial charge in [0.2, 0.25) is 5.60 Å². The highest BCUT2D eigenvalue weighted by atomic mass is 19.4. The van der Waals surface area contributed by atoms with Gasteiger partial charge in [-0.1, -0.05) is 0 Å². The number of hydrogen-bond donors (Lipinski definition) is 3. The number of benzene rings is 1. The van der Waals surface area contributed by atoms with Crippen LogP contribution in [0.1, 0.15) is 33.1 Å². The summed E-state index contributed by atoms with van der Waals surface area (Å²) >= 11 is 0. The third-order valence-corrected chi connectivity index (χ3v) is 5.14. The van der Waals surface area contributed by atoms with Gasteiger partial charge < -0.3 is 19.9 Å². The molecule has 0 spiro atoms. The van der Waals surface area contributed by atoms with E-state index in [1.807, 2.05) is 0 Å². The van der Waals surface area contributed by atoms with Gasteiger partial charge in [-0.15, -0.1) is 0 Å². The summed E-state index contributed by atoms with van der Waals surface area (Å²) in [7, 11) is 0. The Hall–Kier alpha value is -2.65. The molecular formula is C19H23F3N2O5. The molecule has 0 bridgehead atoms. The molecule has 1 saturated carbocycles. The van der Waals surface area contributed by atoms with Crippen LogP contribution in [0.25, 0.3) is 0 Å². The molecule has 0 saturated heterocycles. The largest absolute Gasteiger partial charge is 0.486 e. The Morgan fingerprint density at radius 1 is 1.34 bits per heavy atom. The van der Waals surface area contributed by atoms with Crippen molar-refractivity contribution in [3.05, 3.63) is 18.2 Å². The maximum atomic E-state index is 12.8. The van der Waals surface area contributed by atoms with E-state index in [2.05, 4.69) is 15.4 Å². The van der Waals surface area contributed by atoms with Crippen molar-refractivity contribution in [2.75, 3.05) is 17.2 Å². The van der Waals surface area contributed by atoms with Crippen molar-refractivity contribution < 1.29 is 37.3 Å². The van der Waals surface area contributed by atoms with Crippen LogP contribution in [0, 0.1) is 11.8 Å². The molecule has 1 aliphatic carbocycles. The van der Waals surface area contributed by atoms with Crippen LogP contribution in [0.4, 0.5) is 29.3 Å². The molecular weight excluding hydrogens is 393 g/mol. The number of rotatable bonds is 6. The lowest BCUT2D eigenvalue weighted by Crippen LogP contribution is -2.44. The predicted octanol–water partition coefficient (Wildman–Crippen LogP) is 4.25. The van der Waals surface area contributed by atoms with Crippen LogP contribution in [0.2, 0.25) is 0 Å². The Morgan fingerprint density at radius 2 is 2.03 bits per heavy atom. The fourth-order valence-electron chi connectivity index (χ4n) is 3.26. The molecule has 7 nitrogen and oxygen atoms in total. The quantitative estimate of drug-likeness (QED) is 0.642. The third-order valence-electron chi connectivity index (χ3n) is 5.14. The zero-order chi connectivity index (χ0) is 21.4. The fourth-order valence-corrected chi connectivity index (χ4v) is 3.26. The summed E-state index contributed by atoms with van der Waals surface area (Å²) in [6.07, 6.45) is -4.20. The van der Waals surface area contributed by atoms with E-state index in [1.165, 1.54) is 12.1 Å². The molecule has 0 radical (unpaired) electrons. The van der Waals surface area contributed by atoms with Gasteiger partial charge in [-0.05, 0) is 50.8 Å². The third kappa shape index (κ3) is 5.04. The minimum atomic E-state index is -4.70. The fraction of sp³-hybridized carbons (Fsp3) is 0.579. The first kappa shape index (κ1) is 21.1. The SMILES string of the molecule is CC(C)(OC(=O)Nc1ccc2c(c1)NC[C@H]([C@@H](CC(=O)O)C1CC1)O2)C(F)(F)F. The van der Waals surface area contributed by atoms with Gasteiger partial charge in [-0.2, -0.15) is 13.2 Å². The number of carbonyl (C=O) groups excluding carboxylic acids is 1. The molecule has 3 rings (SSSR count). The summed E-state index contributed by atoms with van der Waals surface area (Å²) in [5.74, 6) is -0.124. The number of carboxylic acid groups (broad SMARTS) is 1. The molecule has 1 amide bonds. The highest BCUT2D eigenvalue weighted by molar-refractivity contribution is 5.86. The topological polar surface area (TPSA) is 96.9 Å². The van der Waals surface area contributed by atoms with Crippen LogP contribution in [0.5, 0.6) is 5.75 Å². The van der Waals surface area contributed by atoms with Gasteiger partial charge in [-0.3, -0.25) is 10.1 Å². The first-order valence-electron chi connectivity index (χ1n) is 9.29. The van der Waals surface area contributed by atoms with E-state index in [9.17, 15) is 22.8 Å². The van der Waals surface area contributed by atoms with Crippen LogP contribution >= 0.6 is 0 Å². The second kappa shape index (κ2) is 7.64. The lowest BCUT2D eigenvalue weighted by atomic mass is 9.92. The molecule has 160 valence electrons. The van der Waals surface area contributed by atoms with Crippen molar-refractivity contribution in [3.8, 4) is 5.75 Å². The summed E-state index contributed by atoms with van der Waals surface area (Å²) in [5.41, 5.74) is -1.83. The van der Waals surface area contributed by atoms with Crippen LogP contribution in [0.15, 0.2) is 18.2 Å². The van der Waals surface area contributed by atoms with Crippen LogP contribution in [-0.2, 0) is 9.53 Å². The van der Waals surface area contributed by atoms with Crippen molar-refractivity contribution in [3.63, 3.8) is 0 Å². The minimum Gasteiger partial charge on any atom is -0.486 e. The molecule has 1 aromatic rings. The maximum Gasteiger partial charge on any atom is 0.427 e. The number of aliphatic carboxylic acids is 1. The lowest BCUT2D eigenvalue weighted by Gasteiger charge is -2.33. The van der Waals surface area contributed by atoms with Gasteiger partial charge in [0.1, 0.15) is 11.9 Å². The van der Waals surface area contributed by atoms with Crippen LogP contribution in [0.3, 0.4) is 0 Å². The lowest BCUT2D eigenvalue weighted by molar-refractivity contribution is -0.242. The standard InChI is InChI=1S/C19H23F3N2O5/c1-18(2,19(20,21)22)29-17(27)24-11-5-6-14-13(7-11)23-9-15(28-14)12(8-16(25)26)10-3-4-10/h5-7,10,12,15,23H,3-4,8-9H2,1-2H3,(H,24,27)(H,25,26)/t12-,15+/m0/s1. The minimum absolute atomic E-state index is 0.0345. The Morgan fingerprint density at radius 3 is 2.62 bits per heavy atom. The normalized spacial score (nSPS) is 20.0. The molecule has 10 heteroatoms. The summed E-state index contributed by atoms with van der Waals surface area (Å²) in [4.78, 5) is 23.0. The van der Waals surface area contributed by atoms with Crippen molar-refractivity contribution in [2.24, 2.45) is 11.8 Å². The molecule has 1 aliphatic heterocycles. The van der Waals surface area contributed by atoms with Crippen molar-refractivity contribution >= 4 is 23.4 Å². The van der Waals surface area contributed by atoms with Crippen LogP contribution in [-0.4, -0.2) is 41.6 Å². The van der Waals surface area contributed by atoms with Gasteiger partial charge in [0, 0.05) is 11.6 Å². The Bertz CT molecular complexity index is 793. The number of halogens is 3. The molecule has 1 fully saturated rings. The van der Waals surface area contributed by atoms with E-state index in [-0.39, 0.29) is 24.1 Å². The molecule has 2 aliphatic rings. The molecule has 3 N–H and O–H groups in total. The van der Waals surface area contributed by atoms with E-state index < -0.39 is 23.8 Å². The number of alkyl halides is 3. The summed E-state index contributed by atoms with van der Waals surface area (Å²) in [6.45, 7) is 1.93. The highest BCUT2D eigenvalue weighted by Crippen LogP contribution is 2.43. The van der Waals surface area contributed by atoms with Crippen molar-refractivity contribution in [1.29, 1.82) is 0 Å². The Labute approximate surface area is 165 Å². The summed E-state index contributed by atoms with van der Waals surface area (Å²) < 4.78 is 48.9. The molecule has 29 heavy (non-hydrogen) atoms. The van der Waals surface area contributed by atoms with Gasteiger partial charge in [0.25, 0.3) is 0 Å². The zero-order valence-corrected chi connectivity index (χ0v) is 16.0. The number of amides is 1. The van der Waals surface area contributed by atoms with E-state index in [0.29, 0.717) is 23.9 Å². The van der Waals surface area contributed by atoms with E-state index >= 15 is 0 Å². The average Bonchev–Trinajstić information content (AvgIpc) is 3.42. The number of ether oxygens (including phenoxy) is 2. The Balaban J connectivity index is 1.64. The second-order valence-corrected chi connectivity index (χ2v) is 7.87. The second-order valence-electron chi connectivity index (χ2n) is 7.87. The smallest absolute Gasteiger partial charge is 0.427 e. The number of fused-ring (bicyclic) bond motifs is 1. The van der Waals surface area contributed by atoms with Gasteiger partial charge in [0.15, 0.2) is 0 Å². The molecule has 1 heterocycles.